The van der Waals surface area contributed by atoms with E-state index in [2.05, 4.69) is 40.8 Å². The molecule has 9 nitrogen and oxygen atoms in total. The number of anilines is 1. The SMILES string of the molecule is C[C@H](c1ncccn1)N(Cc1ccc(Br)cn1)C(=O)c1cc2nc(N)c3c(c2[nH]1)COC3. The molecule has 162 valence electrons. The summed E-state index contributed by atoms with van der Waals surface area (Å²) in [5.74, 6) is 0.773. The molecule has 4 aromatic rings. The number of H-pyrrole nitrogens is 1. The number of nitrogens with zero attached hydrogens (tertiary/aromatic N) is 5. The van der Waals surface area contributed by atoms with Gasteiger partial charge in [-0.3, -0.25) is 9.78 Å². The van der Waals surface area contributed by atoms with E-state index in [0.29, 0.717) is 36.1 Å². The lowest BCUT2D eigenvalue weighted by atomic mass is 10.1. The number of amides is 1. The van der Waals surface area contributed by atoms with Gasteiger partial charge in [-0.25, -0.2) is 15.0 Å². The summed E-state index contributed by atoms with van der Waals surface area (Å²) < 4.78 is 6.41. The highest BCUT2D eigenvalue weighted by Gasteiger charge is 2.28. The van der Waals surface area contributed by atoms with E-state index < -0.39 is 0 Å². The van der Waals surface area contributed by atoms with Crippen molar-refractivity contribution < 1.29 is 9.53 Å². The van der Waals surface area contributed by atoms with Crippen LogP contribution in [0.2, 0.25) is 0 Å². The Morgan fingerprint density at radius 3 is 2.78 bits per heavy atom. The van der Waals surface area contributed by atoms with E-state index in [0.717, 1.165) is 26.8 Å². The molecule has 4 aromatic heterocycles. The van der Waals surface area contributed by atoms with Gasteiger partial charge in [-0.15, -0.1) is 0 Å². The minimum absolute atomic E-state index is 0.209. The molecule has 0 aliphatic carbocycles. The maximum absolute atomic E-state index is 13.7. The smallest absolute Gasteiger partial charge is 0.271 e. The van der Waals surface area contributed by atoms with Gasteiger partial charge in [0.25, 0.3) is 5.91 Å². The topological polar surface area (TPSA) is 123 Å². The zero-order valence-corrected chi connectivity index (χ0v) is 18.8. The molecule has 0 aromatic carbocycles. The highest BCUT2D eigenvalue weighted by molar-refractivity contribution is 9.10. The minimum atomic E-state index is -0.382. The number of ether oxygens (including phenoxy) is 1. The standard InChI is InChI=1S/C22H20BrN7O2/c1-12(21-25-5-2-6-26-21)30(9-14-4-3-13(23)8-27-14)22(31)18-7-17-19(28-18)15-10-32-11-16(15)20(24)29-17/h2-8,12,28H,9-11H2,1H3,(H2,24,29)/t12-/m1/s1. The van der Waals surface area contributed by atoms with Crippen molar-refractivity contribution in [3.05, 3.63) is 75.7 Å². The summed E-state index contributed by atoms with van der Waals surface area (Å²) in [6, 6.07) is 6.86. The molecule has 1 aliphatic rings. The number of fused-ring (bicyclic) bond motifs is 3. The first-order valence-electron chi connectivity index (χ1n) is 10.1. The van der Waals surface area contributed by atoms with Gasteiger partial charge in [0, 0.05) is 34.2 Å². The van der Waals surface area contributed by atoms with Crippen molar-refractivity contribution in [1.29, 1.82) is 0 Å². The quantitative estimate of drug-likeness (QED) is 0.435. The number of carbonyl (C=O) groups is 1. The van der Waals surface area contributed by atoms with Gasteiger partial charge in [0.15, 0.2) is 0 Å². The lowest BCUT2D eigenvalue weighted by molar-refractivity contribution is 0.0658. The van der Waals surface area contributed by atoms with Crippen molar-refractivity contribution in [2.75, 3.05) is 5.73 Å². The number of hydrogen-bond acceptors (Lipinski definition) is 7. The molecule has 0 saturated heterocycles. The molecular weight excluding hydrogens is 474 g/mol. The molecule has 0 spiro atoms. The molecule has 1 atom stereocenters. The van der Waals surface area contributed by atoms with Crippen LogP contribution in [0.5, 0.6) is 0 Å². The van der Waals surface area contributed by atoms with E-state index >= 15 is 0 Å². The monoisotopic (exact) mass is 493 g/mol. The second kappa shape index (κ2) is 8.29. The Morgan fingerprint density at radius 2 is 2.03 bits per heavy atom. The van der Waals surface area contributed by atoms with Crippen molar-refractivity contribution in [3.63, 3.8) is 0 Å². The van der Waals surface area contributed by atoms with Crippen LogP contribution in [-0.2, 0) is 24.5 Å². The summed E-state index contributed by atoms with van der Waals surface area (Å²) in [5, 5.41) is 0. The summed E-state index contributed by atoms with van der Waals surface area (Å²) in [7, 11) is 0. The van der Waals surface area contributed by atoms with Crippen LogP contribution in [0.3, 0.4) is 0 Å². The largest absolute Gasteiger partial charge is 0.383 e. The van der Waals surface area contributed by atoms with E-state index in [1.54, 1.807) is 35.6 Å². The van der Waals surface area contributed by atoms with Crippen LogP contribution >= 0.6 is 15.9 Å². The fraction of sp³-hybridized carbons (Fsp3) is 0.227. The molecule has 3 N–H and O–H groups in total. The van der Waals surface area contributed by atoms with Crippen LogP contribution in [0.1, 0.15) is 46.1 Å². The summed E-state index contributed by atoms with van der Waals surface area (Å²) in [4.78, 5) is 36.2. The maximum Gasteiger partial charge on any atom is 0.271 e. The van der Waals surface area contributed by atoms with Crippen LogP contribution < -0.4 is 5.73 Å². The lowest BCUT2D eigenvalue weighted by Crippen LogP contribution is -2.34. The summed E-state index contributed by atoms with van der Waals surface area (Å²) >= 11 is 3.40. The molecule has 0 unspecified atom stereocenters. The molecule has 5 rings (SSSR count). The molecule has 0 radical (unpaired) electrons. The van der Waals surface area contributed by atoms with Crippen molar-refractivity contribution >= 4 is 38.7 Å². The Bertz CT molecular complexity index is 1290. The van der Waals surface area contributed by atoms with Crippen molar-refractivity contribution in [2.45, 2.75) is 32.7 Å². The van der Waals surface area contributed by atoms with E-state index in [-0.39, 0.29) is 18.5 Å². The Kier molecular flexibility index (Phi) is 5.32. The first-order valence-corrected chi connectivity index (χ1v) is 10.9. The normalized spacial score (nSPS) is 13.8. The number of carbonyl (C=O) groups excluding carboxylic acids is 1. The van der Waals surface area contributed by atoms with Gasteiger partial charge >= 0.3 is 0 Å². The fourth-order valence-electron chi connectivity index (χ4n) is 3.83. The highest BCUT2D eigenvalue weighted by Crippen LogP contribution is 2.32. The number of nitrogens with one attached hydrogen (secondary N) is 1. The Morgan fingerprint density at radius 1 is 1.25 bits per heavy atom. The number of halogens is 1. The van der Waals surface area contributed by atoms with Gasteiger partial charge in [0.2, 0.25) is 0 Å². The summed E-state index contributed by atoms with van der Waals surface area (Å²) in [5.41, 5.74) is 10.5. The van der Waals surface area contributed by atoms with Crippen LogP contribution in [-0.4, -0.2) is 35.7 Å². The maximum atomic E-state index is 13.7. The molecular formula is C22H20BrN7O2. The minimum Gasteiger partial charge on any atom is -0.383 e. The van der Waals surface area contributed by atoms with Crippen LogP contribution in [0.25, 0.3) is 11.0 Å². The number of nitrogen functional groups attached to an aromatic ring is 1. The second-order valence-electron chi connectivity index (χ2n) is 7.57. The third-order valence-electron chi connectivity index (χ3n) is 5.54. The summed E-state index contributed by atoms with van der Waals surface area (Å²) in [6.45, 7) is 3.05. The van der Waals surface area contributed by atoms with Crippen LogP contribution in [0.4, 0.5) is 5.82 Å². The summed E-state index contributed by atoms with van der Waals surface area (Å²) in [6.07, 6.45) is 5.04. The van der Waals surface area contributed by atoms with Gasteiger partial charge in [0.1, 0.15) is 17.3 Å². The average Bonchev–Trinajstić information content (AvgIpc) is 3.46. The van der Waals surface area contributed by atoms with Crippen LogP contribution in [0.15, 0.2) is 47.3 Å². The van der Waals surface area contributed by atoms with Gasteiger partial charge in [-0.2, -0.15) is 0 Å². The first-order chi connectivity index (χ1) is 15.5. The molecule has 1 aliphatic heterocycles. The van der Waals surface area contributed by atoms with E-state index in [4.69, 9.17) is 10.5 Å². The zero-order valence-electron chi connectivity index (χ0n) is 17.2. The van der Waals surface area contributed by atoms with Gasteiger partial charge < -0.3 is 20.4 Å². The fourth-order valence-corrected chi connectivity index (χ4v) is 4.07. The van der Waals surface area contributed by atoms with E-state index in [9.17, 15) is 4.79 Å². The zero-order chi connectivity index (χ0) is 22.2. The third-order valence-corrected chi connectivity index (χ3v) is 6.01. The van der Waals surface area contributed by atoms with Crippen LogP contribution in [0, 0.1) is 0 Å². The van der Waals surface area contributed by atoms with E-state index in [1.807, 2.05) is 19.1 Å². The molecule has 0 bridgehead atoms. The lowest BCUT2D eigenvalue weighted by Gasteiger charge is -2.27. The predicted molar refractivity (Wildman–Crippen MR) is 121 cm³/mol. The Hall–Kier alpha value is -3.37. The molecule has 10 heteroatoms. The molecule has 32 heavy (non-hydrogen) atoms. The molecule has 1 amide bonds. The van der Waals surface area contributed by atoms with Gasteiger partial charge in [-0.05, 0) is 47.1 Å². The second-order valence-corrected chi connectivity index (χ2v) is 8.49. The number of hydrogen-bond donors (Lipinski definition) is 2. The van der Waals surface area contributed by atoms with Gasteiger partial charge in [0.05, 0.1) is 42.5 Å². The first kappa shape index (κ1) is 20.5. The number of aromatic nitrogens is 5. The number of rotatable bonds is 5. The Balaban J connectivity index is 1.54. The molecule has 5 heterocycles. The number of aromatic amines is 1. The average molecular weight is 494 g/mol. The highest BCUT2D eigenvalue weighted by atomic mass is 79.9. The Labute approximate surface area is 192 Å². The van der Waals surface area contributed by atoms with Crippen molar-refractivity contribution in [1.82, 2.24) is 29.8 Å². The molecule has 0 fully saturated rings. The van der Waals surface area contributed by atoms with E-state index in [1.165, 1.54) is 0 Å². The van der Waals surface area contributed by atoms with Crippen molar-refractivity contribution in [3.8, 4) is 0 Å². The van der Waals surface area contributed by atoms with Crippen molar-refractivity contribution in [2.24, 2.45) is 0 Å². The number of nitrogens with two attached hydrogens (primary N) is 1. The molecule has 0 saturated carbocycles. The third kappa shape index (κ3) is 3.71. The van der Waals surface area contributed by atoms with Gasteiger partial charge in [-0.1, -0.05) is 0 Å². The number of pyridine rings is 2. The predicted octanol–water partition coefficient (Wildman–Crippen LogP) is 3.53.